The van der Waals surface area contributed by atoms with Gasteiger partial charge in [-0.2, -0.15) is 0 Å². The number of hydrogen-bond donors (Lipinski definition) is 1. The van der Waals surface area contributed by atoms with Crippen molar-refractivity contribution in [2.24, 2.45) is 0 Å². The van der Waals surface area contributed by atoms with Gasteiger partial charge in [0.15, 0.2) is 0 Å². The fourth-order valence-electron chi connectivity index (χ4n) is 1.70. The van der Waals surface area contributed by atoms with Crippen molar-refractivity contribution in [2.75, 3.05) is 6.61 Å². The Labute approximate surface area is 144 Å². The van der Waals surface area contributed by atoms with E-state index in [9.17, 15) is 4.79 Å². The van der Waals surface area contributed by atoms with Crippen molar-refractivity contribution in [1.82, 2.24) is 0 Å². The molecular formula is C15H16ClNO6S. The first kappa shape index (κ1) is 20.2. The van der Waals surface area contributed by atoms with Gasteiger partial charge in [0.2, 0.25) is 0 Å². The number of aryl methyl sites for hydroxylation is 1. The Morgan fingerprint density at radius 1 is 1.12 bits per heavy atom. The normalized spacial score (nSPS) is 10.6. The van der Waals surface area contributed by atoms with E-state index in [1.807, 2.05) is 25.1 Å². The van der Waals surface area contributed by atoms with E-state index in [0.717, 1.165) is 10.4 Å². The number of rotatable bonds is 3. The molecule has 24 heavy (non-hydrogen) atoms. The molecule has 130 valence electrons. The van der Waals surface area contributed by atoms with E-state index < -0.39 is 10.2 Å². The second-order valence-electron chi connectivity index (χ2n) is 4.54. The minimum absolute atomic E-state index is 0.350. The average molecular weight is 374 g/mol. The Balaban J connectivity index is 0.000000505. The van der Waals surface area contributed by atoms with Gasteiger partial charge >= 0.3 is 5.97 Å². The van der Waals surface area contributed by atoms with E-state index in [2.05, 4.69) is 12.1 Å². The van der Waals surface area contributed by atoms with Crippen molar-refractivity contribution < 1.29 is 43.8 Å². The van der Waals surface area contributed by atoms with Gasteiger partial charge in [0.1, 0.15) is 5.56 Å². The molecule has 0 fully saturated rings. The first-order valence-electron chi connectivity index (χ1n) is 6.70. The van der Waals surface area contributed by atoms with E-state index >= 15 is 0 Å². The van der Waals surface area contributed by atoms with Crippen LogP contribution in [0.4, 0.5) is 0 Å². The number of hydrogen-bond acceptors (Lipinski definition) is 7. The van der Waals surface area contributed by atoms with Crippen molar-refractivity contribution in [3.63, 3.8) is 0 Å². The summed E-state index contributed by atoms with van der Waals surface area (Å²) in [6.45, 7) is 4.17. The van der Waals surface area contributed by atoms with Crippen molar-refractivity contribution in [2.45, 2.75) is 13.8 Å². The van der Waals surface area contributed by atoms with Crippen LogP contribution >= 0.6 is 11.3 Å². The number of benzene rings is 1. The van der Waals surface area contributed by atoms with Gasteiger partial charge in [-0.3, -0.25) is 0 Å². The quantitative estimate of drug-likeness (QED) is 0.561. The Hall–Kier alpha value is -1.81. The highest BCUT2D eigenvalue weighted by molar-refractivity contribution is 7.12. The van der Waals surface area contributed by atoms with Gasteiger partial charge in [-0.1, -0.05) is 41.2 Å². The fraction of sp³-hybridized carbons (Fsp3) is 0.200. The smallest absolute Gasteiger partial charge is 0.345 e. The number of carbonyl (C=O) groups is 1. The van der Waals surface area contributed by atoms with Crippen LogP contribution in [-0.2, 0) is 4.74 Å². The highest BCUT2D eigenvalue weighted by Gasteiger charge is 2.13. The first-order chi connectivity index (χ1) is 11.1. The van der Waals surface area contributed by atoms with Crippen LogP contribution in [0.1, 0.15) is 22.8 Å². The fourth-order valence-corrected chi connectivity index (χ4v) is 2.59. The molecule has 0 spiro atoms. The minimum Gasteiger partial charge on any atom is -0.462 e. The number of halogens is 1. The molecule has 0 aliphatic heterocycles. The van der Waals surface area contributed by atoms with E-state index in [-0.39, 0.29) is 5.97 Å². The monoisotopic (exact) mass is 373 g/mol. The third kappa shape index (κ3) is 7.18. The topological polar surface area (TPSA) is 144 Å². The molecule has 0 unspecified atom stereocenters. The van der Waals surface area contributed by atoms with E-state index in [1.54, 1.807) is 13.0 Å². The van der Waals surface area contributed by atoms with Crippen molar-refractivity contribution in [3.8, 4) is 10.4 Å². The van der Waals surface area contributed by atoms with Crippen LogP contribution in [0.25, 0.3) is 10.4 Å². The predicted octanol–water partition coefficient (Wildman–Crippen LogP) is -3.20. The zero-order chi connectivity index (χ0) is 18.3. The van der Waals surface area contributed by atoms with E-state index in [0.29, 0.717) is 16.8 Å². The van der Waals surface area contributed by atoms with Gasteiger partial charge in [-0.15, -0.1) is 10.2 Å². The van der Waals surface area contributed by atoms with Gasteiger partial charge in [-0.25, -0.2) is 28.8 Å². The molecule has 0 atom stereocenters. The molecule has 0 radical (unpaired) electrons. The van der Waals surface area contributed by atoms with Crippen LogP contribution in [0, 0.1) is 17.2 Å². The van der Waals surface area contributed by atoms with Gasteiger partial charge in [0.25, 0.3) is 4.67 Å². The lowest BCUT2D eigenvalue weighted by Gasteiger charge is -2.17. The summed E-state index contributed by atoms with van der Waals surface area (Å²) in [5.74, 6) is -0.369. The SMILES string of the molecule is CCOC(=O)c1ccc(-c2ccc(C)cc2)sc1=[NH2+].[O-][Cl+3]([O-])([O-])[O-]. The molecular weight excluding hydrogens is 358 g/mol. The molecule has 2 N–H and O–H groups in total. The van der Waals surface area contributed by atoms with Crippen molar-refractivity contribution >= 4 is 17.3 Å². The van der Waals surface area contributed by atoms with Crippen LogP contribution < -0.4 is 28.7 Å². The van der Waals surface area contributed by atoms with Gasteiger partial charge < -0.3 is 4.74 Å². The summed E-state index contributed by atoms with van der Waals surface area (Å²) in [4.78, 5) is 12.7. The van der Waals surface area contributed by atoms with E-state index in [1.165, 1.54) is 16.9 Å². The molecule has 1 heterocycles. The number of ether oxygens (including phenoxy) is 1. The Morgan fingerprint density at radius 3 is 2.12 bits per heavy atom. The average Bonchev–Trinajstić information content (AvgIpc) is 2.46. The second-order valence-corrected chi connectivity index (χ2v) is 6.38. The lowest BCUT2D eigenvalue weighted by molar-refractivity contribution is -2.00. The van der Waals surface area contributed by atoms with Gasteiger partial charge in [-0.05, 0) is 31.5 Å². The molecule has 0 aliphatic carbocycles. The maximum absolute atomic E-state index is 11.7. The van der Waals surface area contributed by atoms with Crippen LogP contribution in [0.2, 0.25) is 0 Å². The summed E-state index contributed by atoms with van der Waals surface area (Å²) in [5.41, 5.74) is 2.74. The molecule has 0 aliphatic rings. The molecule has 9 heteroatoms. The summed E-state index contributed by atoms with van der Waals surface area (Å²) >= 11 is 1.39. The van der Waals surface area contributed by atoms with E-state index in [4.69, 9.17) is 28.8 Å². The summed E-state index contributed by atoms with van der Waals surface area (Å²) in [6.07, 6.45) is 0. The van der Waals surface area contributed by atoms with Crippen LogP contribution in [-0.4, -0.2) is 12.6 Å². The maximum Gasteiger partial charge on any atom is 0.345 e. The molecule has 1 aromatic carbocycles. The van der Waals surface area contributed by atoms with Crippen molar-refractivity contribution in [3.05, 3.63) is 52.2 Å². The number of carbonyl (C=O) groups excluding carboxylic acids is 1. The zero-order valence-corrected chi connectivity index (χ0v) is 14.6. The summed E-state index contributed by atoms with van der Waals surface area (Å²) in [7, 11) is -4.94. The molecule has 7 nitrogen and oxygen atoms in total. The number of nitrogens with two attached hydrogens (primary N) is 1. The van der Waals surface area contributed by atoms with Crippen LogP contribution in [0.5, 0.6) is 0 Å². The molecule has 0 saturated carbocycles. The van der Waals surface area contributed by atoms with Crippen LogP contribution in [0.3, 0.4) is 0 Å². The standard InChI is InChI=1S/C15H15NO2S.ClHO4/c1-3-18-15(17)12-8-9-13(19-14(12)16)11-6-4-10(2)5-7-11;2-1(3,4)5/h4-9,16H,3H2,1-2H3;(H,2,3,4,5). The highest BCUT2D eigenvalue weighted by atomic mass is 35.7. The van der Waals surface area contributed by atoms with Crippen LogP contribution in [0.15, 0.2) is 36.4 Å². The molecule has 0 saturated heterocycles. The Bertz CT molecular complexity index is 733. The summed E-state index contributed by atoms with van der Waals surface area (Å²) in [6, 6.07) is 11.8. The molecule has 0 amide bonds. The minimum atomic E-state index is -4.94. The summed E-state index contributed by atoms with van der Waals surface area (Å²) in [5, 5.41) is 5.94. The summed E-state index contributed by atoms with van der Waals surface area (Å²) < 4.78 is 39.4. The maximum atomic E-state index is 11.7. The van der Waals surface area contributed by atoms with Crippen molar-refractivity contribution in [1.29, 1.82) is 0 Å². The molecule has 1 aromatic heterocycles. The zero-order valence-electron chi connectivity index (χ0n) is 13.0. The lowest BCUT2D eigenvalue weighted by atomic mass is 10.1. The Kier molecular flexibility index (Phi) is 7.49. The largest absolute Gasteiger partial charge is 0.462 e. The van der Waals surface area contributed by atoms with Gasteiger partial charge in [0.05, 0.1) is 6.61 Å². The second kappa shape index (κ2) is 8.88. The Morgan fingerprint density at radius 2 is 1.67 bits per heavy atom. The highest BCUT2D eigenvalue weighted by Crippen LogP contribution is 2.22. The molecule has 2 rings (SSSR count). The third-order valence-electron chi connectivity index (χ3n) is 2.72. The third-order valence-corrected chi connectivity index (χ3v) is 3.75. The predicted molar refractivity (Wildman–Crippen MR) is 75.5 cm³/mol. The molecule has 0 bridgehead atoms. The van der Waals surface area contributed by atoms with Gasteiger partial charge in [0, 0.05) is 4.88 Å². The first-order valence-corrected chi connectivity index (χ1v) is 8.75. The lowest BCUT2D eigenvalue weighted by Crippen LogP contribution is -2.68. The number of esters is 1. The molecule has 2 aromatic rings.